The molecule has 2 fully saturated rings. The number of rotatable bonds is 4. The topological polar surface area (TPSA) is 55.5 Å². The van der Waals surface area contributed by atoms with E-state index >= 15 is 0 Å². The van der Waals surface area contributed by atoms with E-state index < -0.39 is 0 Å². The van der Waals surface area contributed by atoms with E-state index in [1.54, 1.807) is 0 Å². The highest BCUT2D eigenvalue weighted by molar-refractivity contribution is 6.01. The van der Waals surface area contributed by atoms with E-state index in [1.807, 2.05) is 31.3 Å². The van der Waals surface area contributed by atoms with Crippen LogP contribution < -0.4 is 4.90 Å². The van der Waals surface area contributed by atoms with Crippen molar-refractivity contribution in [1.82, 2.24) is 19.8 Å². The minimum Gasteiger partial charge on any atom is -0.371 e. The van der Waals surface area contributed by atoms with E-state index in [9.17, 15) is 4.79 Å². The lowest BCUT2D eigenvalue weighted by atomic mass is 9.99. The van der Waals surface area contributed by atoms with Crippen molar-refractivity contribution in [3.8, 4) is 11.3 Å². The molecule has 6 heteroatoms. The number of imidazole rings is 1. The molecule has 3 aromatic rings. The molecule has 6 nitrogen and oxygen atoms in total. The van der Waals surface area contributed by atoms with E-state index in [1.165, 1.54) is 18.4 Å². The number of hydrogen-bond donors (Lipinski definition) is 1. The standard InChI is InChI=1S/C26H31N5O/c1-19-27-17-23(28-19)21-10-11-22(24(16-21)30-12-6-7-13-30)26(32)31-15-14-29(2)18-25(31)20-8-4-3-5-9-20/h3-5,8-11,16-17,25H,6-7,12-15,18H2,1-2H3,(H,27,28). The summed E-state index contributed by atoms with van der Waals surface area (Å²) in [7, 11) is 2.13. The lowest BCUT2D eigenvalue weighted by molar-refractivity contribution is 0.0498. The average Bonchev–Trinajstić information content (AvgIpc) is 3.51. The number of carbonyl (C=O) groups excluding carboxylic acids is 1. The summed E-state index contributed by atoms with van der Waals surface area (Å²) in [6.07, 6.45) is 4.20. The van der Waals surface area contributed by atoms with Gasteiger partial charge in [0.05, 0.1) is 29.2 Å². The van der Waals surface area contributed by atoms with Crippen molar-refractivity contribution in [2.45, 2.75) is 25.8 Å². The highest BCUT2D eigenvalue weighted by Gasteiger charge is 2.33. The van der Waals surface area contributed by atoms with Crippen molar-refractivity contribution in [3.63, 3.8) is 0 Å². The molecule has 2 aromatic carbocycles. The summed E-state index contributed by atoms with van der Waals surface area (Å²) in [6, 6.07) is 16.7. The van der Waals surface area contributed by atoms with E-state index in [-0.39, 0.29) is 11.9 Å². The van der Waals surface area contributed by atoms with Crippen molar-refractivity contribution in [1.29, 1.82) is 0 Å². The normalized spacial score (nSPS) is 19.5. The minimum absolute atomic E-state index is 0.0591. The molecule has 2 aliphatic heterocycles. The highest BCUT2D eigenvalue weighted by atomic mass is 16.2. The fourth-order valence-corrected chi connectivity index (χ4v) is 4.94. The van der Waals surface area contributed by atoms with Crippen molar-refractivity contribution in [2.24, 2.45) is 0 Å². The second-order valence-electron chi connectivity index (χ2n) is 9.00. The average molecular weight is 430 g/mol. The first-order chi connectivity index (χ1) is 15.6. The number of anilines is 1. The second-order valence-corrected chi connectivity index (χ2v) is 9.00. The number of carbonyl (C=O) groups is 1. The third-order valence-electron chi connectivity index (χ3n) is 6.72. The molecule has 2 saturated heterocycles. The van der Waals surface area contributed by atoms with Gasteiger partial charge in [0.15, 0.2) is 0 Å². The van der Waals surface area contributed by atoms with Gasteiger partial charge in [-0.05, 0) is 44.5 Å². The molecule has 32 heavy (non-hydrogen) atoms. The molecule has 0 spiro atoms. The van der Waals surface area contributed by atoms with Crippen LogP contribution in [-0.4, -0.2) is 65.4 Å². The molecule has 3 heterocycles. The Morgan fingerprint density at radius 3 is 2.53 bits per heavy atom. The number of hydrogen-bond acceptors (Lipinski definition) is 4. The number of amides is 1. The van der Waals surface area contributed by atoms with Crippen molar-refractivity contribution in [2.75, 3.05) is 44.7 Å². The van der Waals surface area contributed by atoms with Gasteiger partial charge in [0.25, 0.3) is 5.91 Å². The van der Waals surface area contributed by atoms with Crippen LogP contribution >= 0.6 is 0 Å². The number of benzene rings is 2. The monoisotopic (exact) mass is 429 g/mol. The zero-order chi connectivity index (χ0) is 22.1. The lowest BCUT2D eigenvalue weighted by Crippen LogP contribution is -2.49. The Labute approximate surface area is 189 Å². The van der Waals surface area contributed by atoms with E-state index in [0.29, 0.717) is 0 Å². The van der Waals surface area contributed by atoms with Crippen LogP contribution in [0.4, 0.5) is 5.69 Å². The Balaban J connectivity index is 1.53. The van der Waals surface area contributed by atoms with Gasteiger partial charge in [-0.3, -0.25) is 4.79 Å². The van der Waals surface area contributed by atoms with Gasteiger partial charge in [0.1, 0.15) is 5.82 Å². The molecular formula is C26H31N5O. The predicted molar refractivity (Wildman–Crippen MR) is 128 cm³/mol. The molecule has 1 N–H and O–H groups in total. The zero-order valence-corrected chi connectivity index (χ0v) is 18.9. The maximum atomic E-state index is 14.0. The van der Waals surface area contributed by atoms with Crippen molar-refractivity contribution < 1.29 is 4.79 Å². The van der Waals surface area contributed by atoms with Gasteiger partial charge in [-0.1, -0.05) is 36.4 Å². The van der Waals surface area contributed by atoms with Gasteiger partial charge in [-0.2, -0.15) is 0 Å². The maximum Gasteiger partial charge on any atom is 0.256 e. The first-order valence-corrected chi connectivity index (χ1v) is 11.6. The predicted octanol–water partition coefficient (Wildman–Crippen LogP) is 4.11. The summed E-state index contributed by atoms with van der Waals surface area (Å²) in [6.45, 7) is 6.42. The number of likely N-dealkylation sites (N-methyl/N-ethyl adjacent to an activating group) is 1. The van der Waals surface area contributed by atoms with Gasteiger partial charge in [0.2, 0.25) is 0 Å². The van der Waals surface area contributed by atoms with Crippen LogP contribution in [-0.2, 0) is 0 Å². The molecule has 0 saturated carbocycles. The number of H-pyrrole nitrogens is 1. The molecule has 1 amide bonds. The summed E-state index contributed by atoms with van der Waals surface area (Å²) in [5.41, 5.74) is 5.10. The Hall–Kier alpha value is -3.12. The van der Waals surface area contributed by atoms with Crippen LogP contribution in [0.2, 0.25) is 0 Å². The molecule has 166 valence electrons. The van der Waals surface area contributed by atoms with E-state index in [2.05, 4.69) is 62.0 Å². The first-order valence-electron chi connectivity index (χ1n) is 11.6. The molecule has 0 radical (unpaired) electrons. The maximum absolute atomic E-state index is 14.0. The van der Waals surface area contributed by atoms with Crippen LogP contribution in [0.15, 0.2) is 54.7 Å². The van der Waals surface area contributed by atoms with Crippen LogP contribution in [0.25, 0.3) is 11.3 Å². The van der Waals surface area contributed by atoms with Gasteiger partial charge < -0.3 is 19.7 Å². The third-order valence-corrected chi connectivity index (χ3v) is 6.72. The summed E-state index contributed by atoms with van der Waals surface area (Å²) in [5.74, 6) is 1.02. The Morgan fingerprint density at radius 1 is 1.03 bits per heavy atom. The van der Waals surface area contributed by atoms with Gasteiger partial charge in [0, 0.05) is 38.3 Å². The van der Waals surface area contributed by atoms with Crippen LogP contribution in [0.1, 0.15) is 40.6 Å². The highest BCUT2D eigenvalue weighted by Crippen LogP contribution is 2.33. The quantitative estimate of drug-likeness (QED) is 0.678. The fourth-order valence-electron chi connectivity index (χ4n) is 4.94. The number of aryl methyl sites for hydroxylation is 1. The van der Waals surface area contributed by atoms with E-state index in [0.717, 1.165) is 61.1 Å². The SMILES string of the molecule is Cc1ncc(-c2ccc(C(=O)N3CCN(C)CC3c3ccccc3)c(N3CCCC3)c2)[nH]1. The second kappa shape index (κ2) is 8.79. The first kappa shape index (κ1) is 20.8. The smallest absolute Gasteiger partial charge is 0.256 e. The van der Waals surface area contributed by atoms with Crippen LogP contribution in [0.5, 0.6) is 0 Å². The Morgan fingerprint density at radius 2 is 1.81 bits per heavy atom. The lowest BCUT2D eigenvalue weighted by Gasteiger charge is -2.41. The molecule has 0 bridgehead atoms. The number of nitrogens with zero attached hydrogens (tertiary/aromatic N) is 4. The third kappa shape index (κ3) is 4.02. The minimum atomic E-state index is 0.0591. The number of aromatic nitrogens is 2. The molecule has 2 aliphatic rings. The van der Waals surface area contributed by atoms with E-state index in [4.69, 9.17) is 0 Å². The molecule has 0 aliphatic carbocycles. The summed E-state index contributed by atoms with van der Waals surface area (Å²) in [5, 5.41) is 0. The number of nitrogens with one attached hydrogen (secondary N) is 1. The van der Waals surface area contributed by atoms with Gasteiger partial charge in [-0.15, -0.1) is 0 Å². The molecule has 5 rings (SSSR count). The van der Waals surface area contributed by atoms with Crippen LogP contribution in [0.3, 0.4) is 0 Å². The molecule has 1 unspecified atom stereocenters. The molecular weight excluding hydrogens is 398 g/mol. The Kier molecular flexibility index (Phi) is 5.70. The fraction of sp³-hybridized carbons (Fsp3) is 0.385. The number of piperazine rings is 1. The summed E-state index contributed by atoms with van der Waals surface area (Å²) in [4.78, 5) is 28.4. The zero-order valence-electron chi connectivity index (χ0n) is 18.9. The van der Waals surface area contributed by atoms with Crippen molar-refractivity contribution in [3.05, 3.63) is 71.7 Å². The molecule has 1 atom stereocenters. The van der Waals surface area contributed by atoms with Gasteiger partial charge >= 0.3 is 0 Å². The molecule has 1 aromatic heterocycles. The Bertz CT molecular complexity index is 1090. The van der Waals surface area contributed by atoms with Crippen molar-refractivity contribution >= 4 is 11.6 Å². The van der Waals surface area contributed by atoms with Gasteiger partial charge in [-0.25, -0.2) is 4.98 Å². The van der Waals surface area contributed by atoms with Crippen LogP contribution in [0, 0.1) is 6.92 Å². The summed E-state index contributed by atoms with van der Waals surface area (Å²) >= 11 is 0. The summed E-state index contributed by atoms with van der Waals surface area (Å²) < 4.78 is 0. The largest absolute Gasteiger partial charge is 0.371 e. The number of aromatic amines is 1.